The lowest BCUT2D eigenvalue weighted by atomic mass is 9.98. The lowest BCUT2D eigenvalue weighted by Crippen LogP contribution is -2.61. The van der Waals surface area contributed by atoms with Crippen molar-refractivity contribution in [2.45, 2.75) is 276 Å². The predicted octanol–water partition coefficient (Wildman–Crippen LogP) is 16.2. The maximum absolute atomic E-state index is 13.1. The zero-order valence-electron chi connectivity index (χ0n) is 49.3. The van der Waals surface area contributed by atoms with Crippen molar-refractivity contribution in [1.82, 2.24) is 0 Å². The normalized spacial score (nSPS) is 18.6. The molecule has 0 bridgehead atoms. The number of allylic oxidation sites excluding steroid dienone is 18. The van der Waals surface area contributed by atoms with E-state index in [9.17, 15) is 34.5 Å². The van der Waals surface area contributed by atoms with E-state index in [1.54, 1.807) is 0 Å². The van der Waals surface area contributed by atoms with Gasteiger partial charge in [-0.3, -0.25) is 14.4 Å². The maximum Gasteiger partial charge on any atom is 0.335 e. The molecule has 1 heterocycles. The number of ether oxygens (including phenoxy) is 5. The van der Waals surface area contributed by atoms with Gasteiger partial charge in [-0.1, -0.05) is 246 Å². The highest BCUT2D eigenvalue weighted by Crippen LogP contribution is 2.26. The number of esters is 3. The van der Waals surface area contributed by atoms with E-state index in [1.165, 1.54) is 96.3 Å². The predicted molar refractivity (Wildman–Crippen MR) is 321 cm³/mol. The summed E-state index contributed by atoms with van der Waals surface area (Å²) >= 11 is 0. The van der Waals surface area contributed by atoms with Crippen LogP contribution in [0.25, 0.3) is 0 Å². The summed E-state index contributed by atoms with van der Waals surface area (Å²) in [7, 11) is 0. The molecule has 0 aromatic carbocycles. The monoisotopic (exact) mass is 1100 g/mol. The number of carboxylic acids is 1. The fourth-order valence-corrected chi connectivity index (χ4v) is 8.71. The van der Waals surface area contributed by atoms with E-state index in [1.807, 2.05) is 24.3 Å². The number of aliphatic carboxylic acids is 1. The number of hydrogen-bond acceptors (Lipinski definition) is 11. The van der Waals surface area contributed by atoms with Gasteiger partial charge < -0.3 is 39.0 Å². The van der Waals surface area contributed by atoms with Crippen molar-refractivity contribution in [2.75, 3.05) is 13.2 Å². The number of carbonyl (C=O) groups excluding carboxylic acids is 3. The van der Waals surface area contributed by atoms with E-state index in [2.05, 4.69) is 106 Å². The molecule has 1 fully saturated rings. The molecule has 12 heteroatoms. The number of carbonyl (C=O) groups is 4. The molecular formula is C67H108O12. The molecule has 12 nitrogen and oxygen atoms in total. The number of aliphatic hydroxyl groups excluding tert-OH is 2. The van der Waals surface area contributed by atoms with Crippen LogP contribution in [-0.2, 0) is 42.9 Å². The van der Waals surface area contributed by atoms with E-state index in [4.69, 9.17) is 23.7 Å². The summed E-state index contributed by atoms with van der Waals surface area (Å²) < 4.78 is 28.3. The summed E-state index contributed by atoms with van der Waals surface area (Å²) in [5.74, 6) is -3.31. The molecule has 0 aromatic heterocycles. The van der Waals surface area contributed by atoms with Crippen LogP contribution < -0.4 is 0 Å². The molecular weight excluding hydrogens is 997 g/mol. The second-order valence-electron chi connectivity index (χ2n) is 20.6. The van der Waals surface area contributed by atoms with E-state index in [0.29, 0.717) is 32.1 Å². The van der Waals surface area contributed by atoms with Gasteiger partial charge in [0.15, 0.2) is 24.6 Å². The van der Waals surface area contributed by atoms with Gasteiger partial charge in [-0.2, -0.15) is 0 Å². The fraction of sp³-hybridized carbons (Fsp3) is 0.672. The van der Waals surface area contributed by atoms with Gasteiger partial charge in [0, 0.05) is 19.3 Å². The third-order valence-corrected chi connectivity index (χ3v) is 13.4. The average Bonchev–Trinajstić information content (AvgIpc) is 3.46. The molecule has 0 aromatic rings. The summed E-state index contributed by atoms with van der Waals surface area (Å²) in [5.41, 5.74) is 0. The van der Waals surface area contributed by atoms with Crippen LogP contribution in [0.4, 0.5) is 0 Å². The van der Waals surface area contributed by atoms with Gasteiger partial charge >= 0.3 is 23.9 Å². The molecule has 6 unspecified atom stereocenters. The van der Waals surface area contributed by atoms with E-state index >= 15 is 0 Å². The van der Waals surface area contributed by atoms with Crippen molar-refractivity contribution >= 4 is 23.9 Å². The molecule has 1 rings (SSSR count). The van der Waals surface area contributed by atoms with Crippen LogP contribution in [0, 0.1) is 0 Å². The first-order valence-corrected chi connectivity index (χ1v) is 30.9. The highest BCUT2D eigenvalue weighted by Gasteiger charge is 2.50. The third-order valence-electron chi connectivity index (χ3n) is 13.4. The first kappa shape index (κ1) is 72.4. The minimum absolute atomic E-state index is 0.0301. The average molecular weight is 1110 g/mol. The molecule has 1 saturated heterocycles. The van der Waals surface area contributed by atoms with Crippen molar-refractivity contribution in [1.29, 1.82) is 0 Å². The van der Waals surface area contributed by atoms with Crippen LogP contribution in [0.15, 0.2) is 109 Å². The standard InChI is InChI=1S/C67H108O12/c1-4-7-10-13-16-19-22-25-27-29-30-32-33-36-38-41-44-47-50-53-59(68)75-56-58(77-60(69)54-51-48-45-42-39-35-24-21-18-15-12-9-6-3)57-76-67-65(63(72)62(71)64(79-67)66(73)74)78-61(70)55-52-49-46-43-40-37-34-31-28-26-23-20-17-14-11-8-5-2/h8-9,11-12,17-18,20-21,26,28,34-35,37,39,43,45-46,48,58,62-65,67,71-72H,4-7,10,13-16,19,22-25,27,29-33,36,38,40-42,44,47,49-57H2,1-3H3,(H,73,74)/b11-8-,12-9-,20-17-,21-18-,28-26-,37-34-,39-35-,46-43-,48-45-. The molecule has 3 N–H and O–H groups in total. The van der Waals surface area contributed by atoms with Gasteiger partial charge in [-0.05, 0) is 83.5 Å². The first-order chi connectivity index (χ1) is 38.6. The van der Waals surface area contributed by atoms with Gasteiger partial charge in [-0.15, -0.1) is 0 Å². The molecule has 0 radical (unpaired) electrons. The van der Waals surface area contributed by atoms with Crippen LogP contribution in [0.5, 0.6) is 0 Å². The highest BCUT2D eigenvalue weighted by atomic mass is 16.7. The lowest BCUT2D eigenvalue weighted by Gasteiger charge is -2.40. The lowest BCUT2D eigenvalue weighted by molar-refractivity contribution is -0.301. The minimum Gasteiger partial charge on any atom is -0.479 e. The zero-order chi connectivity index (χ0) is 57.5. The van der Waals surface area contributed by atoms with Crippen LogP contribution in [0.1, 0.15) is 239 Å². The Morgan fingerprint density at radius 2 is 0.823 bits per heavy atom. The molecule has 0 saturated carbocycles. The van der Waals surface area contributed by atoms with Gasteiger partial charge in [0.1, 0.15) is 18.8 Å². The van der Waals surface area contributed by atoms with Crippen LogP contribution in [-0.4, -0.2) is 89.2 Å². The van der Waals surface area contributed by atoms with Crippen LogP contribution in [0.2, 0.25) is 0 Å². The molecule has 6 atom stereocenters. The summed E-state index contributed by atoms with van der Waals surface area (Å²) in [5, 5.41) is 31.5. The number of rotatable bonds is 51. The Balaban J connectivity index is 2.71. The Morgan fingerprint density at radius 1 is 0.430 bits per heavy atom. The zero-order valence-corrected chi connectivity index (χ0v) is 49.3. The smallest absolute Gasteiger partial charge is 0.335 e. The number of unbranched alkanes of at least 4 members (excludes halogenated alkanes) is 19. The number of hydrogen-bond donors (Lipinski definition) is 3. The SMILES string of the molecule is CC/C=C\C/C=C\C/C=C\C/C=C\C/C=C\CCCC(=O)OC1C(OCC(COC(=O)CCCCCCCCCCCCCCCCCCCCC)OC(=O)CC/C=C\C/C=C\C/C=C\C/C=C\CC)OC(C(=O)O)C(O)C1O. The third kappa shape index (κ3) is 43.8. The van der Waals surface area contributed by atoms with E-state index in [-0.39, 0.29) is 25.9 Å². The van der Waals surface area contributed by atoms with E-state index < -0.39 is 67.3 Å². The topological polar surface area (TPSA) is 175 Å². The Morgan fingerprint density at radius 3 is 1.25 bits per heavy atom. The largest absolute Gasteiger partial charge is 0.479 e. The molecule has 0 spiro atoms. The second kappa shape index (κ2) is 54.0. The summed E-state index contributed by atoms with van der Waals surface area (Å²) in [6, 6.07) is 0. The number of aliphatic hydroxyl groups is 2. The Labute approximate surface area is 478 Å². The summed E-state index contributed by atoms with van der Waals surface area (Å²) in [6.07, 6.45) is 60.9. The van der Waals surface area contributed by atoms with Crippen molar-refractivity contribution in [3.05, 3.63) is 109 Å². The van der Waals surface area contributed by atoms with Gasteiger partial charge in [0.05, 0.1) is 6.61 Å². The molecule has 448 valence electrons. The fourth-order valence-electron chi connectivity index (χ4n) is 8.71. The summed E-state index contributed by atoms with van der Waals surface area (Å²) in [4.78, 5) is 51.1. The highest BCUT2D eigenvalue weighted by molar-refractivity contribution is 5.74. The molecule has 0 amide bonds. The molecule has 0 aliphatic carbocycles. The summed E-state index contributed by atoms with van der Waals surface area (Å²) in [6.45, 7) is 5.69. The Hall–Kier alpha value is -4.62. The molecule has 1 aliphatic rings. The van der Waals surface area contributed by atoms with E-state index in [0.717, 1.165) is 70.6 Å². The Bertz CT molecular complexity index is 1790. The Kier molecular flexibility index (Phi) is 49.5. The van der Waals surface area contributed by atoms with Gasteiger partial charge in [0.2, 0.25) is 0 Å². The van der Waals surface area contributed by atoms with Crippen molar-refractivity contribution in [2.24, 2.45) is 0 Å². The van der Waals surface area contributed by atoms with Gasteiger partial charge in [-0.25, -0.2) is 4.79 Å². The van der Waals surface area contributed by atoms with Crippen LogP contribution in [0.3, 0.4) is 0 Å². The first-order valence-electron chi connectivity index (χ1n) is 30.9. The van der Waals surface area contributed by atoms with Crippen molar-refractivity contribution in [3.8, 4) is 0 Å². The number of carboxylic acid groups (broad SMARTS) is 1. The van der Waals surface area contributed by atoms with Crippen LogP contribution >= 0.6 is 0 Å². The quantitative estimate of drug-likeness (QED) is 0.0228. The van der Waals surface area contributed by atoms with Crippen molar-refractivity contribution in [3.63, 3.8) is 0 Å². The molecule has 79 heavy (non-hydrogen) atoms. The maximum atomic E-state index is 13.1. The van der Waals surface area contributed by atoms with Crippen molar-refractivity contribution < 1.29 is 58.2 Å². The molecule has 1 aliphatic heterocycles. The minimum atomic E-state index is -1.94. The second-order valence-corrected chi connectivity index (χ2v) is 20.6. The van der Waals surface area contributed by atoms with Gasteiger partial charge in [0.25, 0.3) is 0 Å².